The molecule has 0 heterocycles. The smallest absolute Gasteiger partial charge is 0.191 e. The Kier molecular flexibility index (Phi) is 6.18. The Morgan fingerprint density at radius 2 is 2.15 bits per heavy atom. The molecule has 0 aliphatic heterocycles. The van der Waals surface area contributed by atoms with Crippen molar-refractivity contribution < 1.29 is 4.39 Å². The average molecular weight is 295 g/mol. The van der Waals surface area contributed by atoms with E-state index in [1.165, 1.54) is 18.9 Å². The number of aliphatic imine (C=N–C) groups is 1. The van der Waals surface area contributed by atoms with Gasteiger partial charge < -0.3 is 10.6 Å². The zero-order valence-electron chi connectivity index (χ0n) is 11.9. The van der Waals surface area contributed by atoms with Crippen LogP contribution in [-0.2, 0) is 5.75 Å². The van der Waals surface area contributed by atoms with Crippen molar-refractivity contribution in [3.8, 4) is 0 Å². The fraction of sp³-hybridized carbons (Fsp3) is 0.533. The van der Waals surface area contributed by atoms with Gasteiger partial charge in [0, 0.05) is 31.6 Å². The Bertz CT molecular complexity index is 446. The first-order valence-electron chi connectivity index (χ1n) is 7.05. The maximum Gasteiger partial charge on any atom is 0.191 e. The number of nitrogens with zero attached hydrogens (tertiary/aromatic N) is 1. The molecule has 20 heavy (non-hydrogen) atoms. The Hall–Kier alpha value is -1.23. The molecule has 0 radical (unpaired) electrons. The lowest BCUT2D eigenvalue weighted by molar-refractivity contribution is 0.617. The Balaban J connectivity index is 1.57. The zero-order valence-corrected chi connectivity index (χ0v) is 12.7. The minimum Gasteiger partial charge on any atom is -0.356 e. The highest BCUT2D eigenvalue weighted by Crippen LogP contribution is 2.27. The third kappa shape index (κ3) is 5.41. The van der Waals surface area contributed by atoms with Crippen LogP contribution in [0.25, 0.3) is 0 Å². The first kappa shape index (κ1) is 15.2. The van der Waals surface area contributed by atoms with Gasteiger partial charge in [0.1, 0.15) is 5.82 Å². The van der Waals surface area contributed by atoms with E-state index in [0.717, 1.165) is 36.3 Å². The monoisotopic (exact) mass is 295 g/mol. The van der Waals surface area contributed by atoms with Crippen molar-refractivity contribution in [3.63, 3.8) is 0 Å². The molecule has 5 heteroatoms. The van der Waals surface area contributed by atoms with E-state index in [2.05, 4.69) is 15.6 Å². The summed E-state index contributed by atoms with van der Waals surface area (Å²) in [5, 5.41) is 6.60. The summed E-state index contributed by atoms with van der Waals surface area (Å²) < 4.78 is 13.4. The molecule has 1 aromatic rings. The molecule has 3 nitrogen and oxygen atoms in total. The van der Waals surface area contributed by atoms with Crippen LogP contribution in [-0.4, -0.2) is 31.8 Å². The van der Waals surface area contributed by atoms with Crippen LogP contribution in [0, 0.1) is 11.7 Å². The fourth-order valence-electron chi connectivity index (χ4n) is 1.82. The second-order valence-corrected chi connectivity index (χ2v) is 6.07. The van der Waals surface area contributed by atoms with Gasteiger partial charge in [-0.05, 0) is 30.4 Å². The number of benzene rings is 1. The molecule has 0 amide bonds. The highest BCUT2D eigenvalue weighted by atomic mass is 32.2. The van der Waals surface area contributed by atoms with Crippen LogP contribution in [0.4, 0.5) is 4.39 Å². The molecule has 1 aliphatic carbocycles. The van der Waals surface area contributed by atoms with Crippen LogP contribution in [0.1, 0.15) is 18.4 Å². The maximum absolute atomic E-state index is 13.4. The molecule has 2 rings (SSSR count). The van der Waals surface area contributed by atoms with Crippen LogP contribution in [0.15, 0.2) is 29.3 Å². The highest BCUT2D eigenvalue weighted by Gasteiger charge is 2.20. The van der Waals surface area contributed by atoms with Crippen molar-refractivity contribution in [1.29, 1.82) is 0 Å². The largest absolute Gasteiger partial charge is 0.356 e. The van der Waals surface area contributed by atoms with Gasteiger partial charge in [-0.25, -0.2) is 4.39 Å². The van der Waals surface area contributed by atoms with Crippen molar-refractivity contribution >= 4 is 17.7 Å². The van der Waals surface area contributed by atoms with Crippen LogP contribution >= 0.6 is 11.8 Å². The van der Waals surface area contributed by atoms with E-state index in [1.54, 1.807) is 24.9 Å². The molecule has 1 fully saturated rings. The molecule has 110 valence electrons. The molecule has 1 aromatic carbocycles. The number of guanidine groups is 1. The minimum absolute atomic E-state index is 0.116. The quantitative estimate of drug-likeness (QED) is 0.461. The number of halogens is 1. The Labute approximate surface area is 124 Å². The molecule has 1 saturated carbocycles. The summed E-state index contributed by atoms with van der Waals surface area (Å²) in [7, 11) is 1.79. The van der Waals surface area contributed by atoms with Crippen molar-refractivity contribution in [2.24, 2.45) is 10.9 Å². The van der Waals surface area contributed by atoms with E-state index in [-0.39, 0.29) is 5.82 Å². The number of nitrogens with one attached hydrogen (secondary N) is 2. The van der Waals surface area contributed by atoms with E-state index in [0.29, 0.717) is 5.75 Å². The van der Waals surface area contributed by atoms with Crippen LogP contribution in [0.2, 0.25) is 0 Å². The lowest BCUT2D eigenvalue weighted by Crippen LogP contribution is -2.39. The van der Waals surface area contributed by atoms with Gasteiger partial charge in [0.25, 0.3) is 0 Å². The molecule has 0 aromatic heterocycles. The van der Waals surface area contributed by atoms with Gasteiger partial charge in [-0.3, -0.25) is 4.99 Å². The molecule has 0 bridgehead atoms. The van der Waals surface area contributed by atoms with Gasteiger partial charge in [-0.2, -0.15) is 11.8 Å². The van der Waals surface area contributed by atoms with Crippen LogP contribution in [0.5, 0.6) is 0 Å². The third-order valence-corrected chi connectivity index (χ3v) is 4.24. The molecular weight excluding hydrogens is 273 g/mol. The predicted molar refractivity (Wildman–Crippen MR) is 84.7 cm³/mol. The Morgan fingerprint density at radius 3 is 2.85 bits per heavy atom. The summed E-state index contributed by atoms with van der Waals surface area (Å²) in [5.41, 5.74) is 0.772. The van der Waals surface area contributed by atoms with Gasteiger partial charge in [0.15, 0.2) is 5.96 Å². The summed E-state index contributed by atoms with van der Waals surface area (Å²) >= 11 is 1.72. The predicted octanol–water partition coefficient (Wildman–Crippen LogP) is 2.63. The number of hydrogen-bond acceptors (Lipinski definition) is 2. The molecule has 0 atom stereocenters. The van der Waals surface area contributed by atoms with Gasteiger partial charge in [-0.15, -0.1) is 0 Å². The average Bonchev–Trinajstić information content (AvgIpc) is 3.28. The normalized spacial score (nSPS) is 15.2. The van der Waals surface area contributed by atoms with E-state index < -0.39 is 0 Å². The first-order chi connectivity index (χ1) is 9.79. The second-order valence-electron chi connectivity index (χ2n) is 4.97. The second kappa shape index (κ2) is 8.15. The van der Waals surface area contributed by atoms with Gasteiger partial charge in [-0.1, -0.05) is 18.2 Å². The molecule has 0 saturated heterocycles. The summed E-state index contributed by atoms with van der Waals surface area (Å²) in [6, 6.07) is 6.95. The van der Waals surface area contributed by atoms with Crippen molar-refractivity contribution in [2.75, 3.05) is 25.9 Å². The van der Waals surface area contributed by atoms with Crippen molar-refractivity contribution in [2.45, 2.75) is 18.6 Å². The lowest BCUT2D eigenvalue weighted by Gasteiger charge is -2.11. The van der Waals surface area contributed by atoms with Gasteiger partial charge in [0.05, 0.1) is 0 Å². The zero-order chi connectivity index (χ0) is 14.2. The number of hydrogen-bond donors (Lipinski definition) is 2. The number of rotatable bonds is 7. The third-order valence-electron chi connectivity index (χ3n) is 3.23. The number of thioether (sulfide) groups is 1. The lowest BCUT2D eigenvalue weighted by atomic mass is 10.2. The van der Waals surface area contributed by atoms with E-state index in [1.807, 2.05) is 12.1 Å². The highest BCUT2D eigenvalue weighted by molar-refractivity contribution is 7.98. The molecule has 2 N–H and O–H groups in total. The van der Waals surface area contributed by atoms with Crippen LogP contribution in [0.3, 0.4) is 0 Å². The van der Waals surface area contributed by atoms with Gasteiger partial charge in [0.2, 0.25) is 0 Å². The summed E-state index contributed by atoms with van der Waals surface area (Å²) in [4.78, 5) is 4.18. The minimum atomic E-state index is -0.116. The molecular formula is C15H22FN3S. The van der Waals surface area contributed by atoms with Crippen molar-refractivity contribution in [3.05, 3.63) is 35.6 Å². The summed E-state index contributed by atoms with van der Waals surface area (Å²) in [6.07, 6.45) is 2.67. The standard InChI is InChI=1S/C15H22FN3S/c1-17-15(19-10-12-6-7-12)18-8-9-20-11-13-4-2-3-5-14(13)16/h2-5,12H,6-11H2,1H3,(H2,17,18,19). The summed E-state index contributed by atoms with van der Waals surface area (Å²) in [5.74, 6) is 3.23. The van der Waals surface area contributed by atoms with E-state index >= 15 is 0 Å². The maximum atomic E-state index is 13.4. The van der Waals surface area contributed by atoms with Crippen molar-refractivity contribution in [1.82, 2.24) is 10.6 Å². The Morgan fingerprint density at radius 1 is 1.35 bits per heavy atom. The molecule has 0 spiro atoms. The SMILES string of the molecule is CN=C(NCCSCc1ccccc1F)NCC1CC1. The first-order valence-corrected chi connectivity index (χ1v) is 8.20. The van der Waals surface area contributed by atoms with Gasteiger partial charge >= 0.3 is 0 Å². The summed E-state index contributed by atoms with van der Waals surface area (Å²) in [6.45, 7) is 1.85. The molecule has 0 unspecified atom stereocenters. The van der Waals surface area contributed by atoms with Crippen LogP contribution < -0.4 is 10.6 Å². The molecule has 1 aliphatic rings. The fourth-order valence-corrected chi connectivity index (χ4v) is 2.67. The van der Waals surface area contributed by atoms with E-state index in [9.17, 15) is 4.39 Å². The topological polar surface area (TPSA) is 36.4 Å². The van der Waals surface area contributed by atoms with E-state index in [4.69, 9.17) is 0 Å².